The van der Waals surface area contributed by atoms with Crippen molar-refractivity contribution in [1.29, 1.82) is 0 Å². The number of carbonyl (C=O) groups excluding carboxylic acids is 1. The third-order valence-corrected chi connectivity index (χ3v) is 6.19. The van der Waals surface area contributed by atoms with E-state index in [1.165, 1.54) is 35.6 Å². The van der Waals surface area contributed by atoms with Crippen molar-refractivity contribution in [3.63, 3.8) is 0 Å². The number of sulfonamides is 1. The van der Waals surface area contributed by atoms with Gasteiger partial charge >= 0.3 is 0 Å². The summed E-state index contributed by atoms with van der Waals surface area (Å²) in [6.45, 7) is -0.103. The third kappa shape index (κ3) is 4.14. The fourth-order valence-electron chi connectivity index (χ4n) is 1.95. The number of rotatable bonds is 6. The lowest BCUT2D eigenvalue weighted by Crippen LogP contribution is -2.24. The van der Waals surface area contributed by atoms with Gasteiger partial charge in [0.25, 0.3) is 5.91 Å². The smallest absolute Gasteiger partial charge is 0.257 e. The van der Waals surface area contributed by atoms with Crippen LogP contribution in [-0.2, 0) is 10.0 Å². The standard InChI is InChI=1S/C16H12N4O3S3/c1-2-8-17-26(22,23)13-5-3-11(4-6-13)14(21)18-16-20-19-15(25-16)12-7-9-24-10-12/h1,3-7,9-10,17H,8H2,(H,18,20,21). The minimum Gasteiger partial charge on any atom is -0.296 e. The van der Waals surface area contributed by atoms with E-state index in [0.29, 0.717) is 15.7 Å². The van der Waals surface area contributed by atoms with Gasteiger partial charge in [-0.1, -0.05) is 17.3 Å². The second kappa shape index (κ2) is 7.76. The van der Waals surface area contributed by atoms with Gasteiger partial charge in [-0.25, -0.2) is 8.42 Å². The zero-order chi connectivity index (χ0) is 18.6. The first kappa shape index (κ1) is 18.2. The van der Waals surface area contributed by atoms with Crippen LogP contribution in [0.5, 0.6) is 0 Å². The summed E-state index contributed by atoms with van der Waals surface area (Å²) in [6.07, 6.45) is 5.04. The topological polar surface area (TPSA) is 101 Å². The predicted molar refractivity (Wildman–Crippen MR) is 102 cm³/mol. The van der Waals surface area contributed by atoms with E-state index >= 15 is 0 Å². The molecular formula is C16H12N4O3S3. The molecule has 2 aromatic heterocycles. The van der Waals surface area contributed by atoms with E-state index < -0.39 is 15.9 Å². The molecule has 7 nitrogen and oxygen atoms in total. The first-order chi connectivity index (χ1) is 12.5. The summed E-state index contributed by atoms with van der Waals surface area (Å²) < 4.78 is 26.2. The van der Waals surface area contributed by atoms with Crippen LogP contribution in [0.4, 0.5) is 5.13 Å². The number of hydrogen-bond donors (Lipinski definition) is 2. The largest absolute Gasteiger partial charge is 0.296 e. The fourth-order valence-corrected chi connectivity index (χ4v) is 4.34. The highest BCUT2D eigenvalue weighted by Gasteiger charge is 2.15. The van der Waals surface area contributed by atoms with E-state index in [1.54, 1.807) is 11.3 Å². The van der Waals surface area contributed by atoms with Gasteiger partial charge in [-0.3, -0.25) is 10.1 Å². The molecule has 3 rings (SSSR count). The van der Waals surface area contributed by atoms with Crippen molar-refractivity contribution >= 4 is 43.7 Å². The van der Waals surface area contributed by atoms with Crippen molar-refractivity contribution in [3.8, 4) is 22.9 Å². The Labute approximate surface area is 158 Å². The highest BCUT2D eigenvalue weighted by Crippen LogP contribution is 2.28. The Hall–Kier alpha value is -2.58. The molecule has 0 saturated heterocycles. The molecule has 2 heterocycles. The average Bonchev–Trinajstić information content (AvgIpc) is 3.31. The lowest BCUT2D eigenvalue weighted by molar-refractivity contribution is 0.102. The first-order valence-electron chi connectivity index (χ1n) is 7.20. The van der Waals surface area contributed by atoms with Crippen LogP contribution in [0.3, 0.4) is 0 Å². The number of hydrogen-bond acceptors (Lipinski definition) is 7. The maximum Gasteiger partial charge on any atom is 0.257 e. The number of nitrogens with one attached hydrogen (secondary N) is 2. The normalized spacial score (nSPS) is 11.0. The molecule has 0 radical (unpaired) electrons. The van der Waals surface area contributed by atoms with Gasteiger partial charge in [-0.15, -0.1) is 16.6 Å². The van der Waals surface area contributed by atoms with Crippen molar-refractivity contribution in [3.05, 3.63) is 46.7 Å². The van der Waals surface area contributed by atoms with Gasteiger partial charge in [0.15, 0.2) is 0 Å². The van der Waals surface area contributed by atoms with Crippen LogP contribution in [0.2, 0.25) is 0 Å². The molecule has 0 unspecified atom stereocenters. The minimum atomic E-state index is -3.69. The predicted octanol–water partition coefficient (Wildman–Crippen LogP) is 2.43. The van der Waals surface area contributed by atoms with Gasteiger partial charge in [0.05, 0.1) is 11.4 Å². The molecule has 0 spiro atoms. The van der Waals surface area contributed by atoms with Gasteiger partial charge in [0.1, 0.15) is 5.01 Å². The molecule has 0 fully saturated rings. The van der Waals surface area contributed by atoms with E-state index in [9.17, 15) is 13.2 Å². The summed E-state index contributed by atoms with van der Waals surface area (Å²) in [5, 5.41) is 15.6. The van der Waals surface area contributed by atoms with Crippen molar-refractivity contribution < 1.29 is 13.2 Å². The number of anilines is 1. The van der Waals surface area contributed by atoms with Crippen LogP contribution in [0, 0.1) is 12.3 Å². The molecule has 0 atom stereocenters. The van der Waals surface area contributed by atoms with E-state index in [2.05, 4.69) is 26.2 Å². The Morgan fingerprint density at radius 1 is 1.19 bits per heavy atom. The highest BCUT2D eigenvalue weighted by atomic mass is 32.2. The molecule has 0 aliphatic carbocycles. The summed E-state index contributed by atoms with van der Waals surface area (Å²) >= 11 is 2.81. The Kier molecular flexibility index (Phi) is 5.43. The monoisotopic (exact) mass is 404 g/mol. The first-order valence-corrected chi connectivity index (χ1v) is 10.4. The molecule has 2 N–H and O–H groups in total. The molecule has 26 heavy (non-hydrogen) atoms. The Morgan fingerprint density at radius 2 is 1.96 bits per heavy atom. The number of benzene rings is 1. The molecule has 10 heteroatoms. The zero-order valence-corrected chi connectivity index (χ0v) is 15.6. The van der Waals surface area contributed by atoms with Crippen molar-refractivity contribution in [1.82, 2.24) is 14.9 Å². The number of nitrogens with zero attached hydrogens (tertiary/aromatic N) is 2. The number of thiophene rings is 1. The molecule has 0 bridgehead atoms. The summed E-state index contributed by atoms with van der Waals surface area (Å²) in [5.74, 6) is 1.79. The van der Waals surface area contributed by atoms with E-state index in [4.69, 9.17) is 6.42 Å². The lowest BCUT2D eigenvalue weighted by Gasteiger charge is -2.05. The quantitative estimate of drug-likeness (QED) is 0.615. The zero-order valence-electron chi connectivity index (χ0n) is 13.2. The average molecular weight is 404 g/mol. The van der Waals surface area contributed by atoms with Crippen LogP contribution in [0.15, 0.2) is 46.0 Å². The number of carbonyl (C=O) groups is 1. The van der Waals surface area contributed by atoms with Gasteiger partial charge in [0.2, 0.25) is 15.2 Å². The lowest BCUT2D eigenvalue weighted by atomic mass is 10.2. The van der Waals surface area contributed by atoms with Crippen LogP contribution in [0.1, 0.15) is 10.4 Å². The second-order valence-corrected chi connectivity index (χ2v) is 8.46. The third-order valence-electron chi connectivity index (χ3n) is 3.20. The highest BCUT2D eigenvalue weighted by molar-refractivity contribution is 7.89. The second-order valence-electron chi connectivity index (χ2n) is 4.93. The van der Waals surface area contributed by atoms with E-state index in [0.717, 1.165) is 5.56 Å². The Morgan fingerprint density at radius 3 is 2.62 bits per heavy atom. The van der Waals surface area contributed by atoms with Gasteiger partial charge in [-0.2, -0.15) is 16.1 Å². The molecule has 3 aromatic rings. The van der Waals surface area contributed by atoms with Crippen molar-refractivity contribution in [2.75, 3.05) is 11.9 Å². The molecule has 1 amide bonds. The maximum absolute atomic E-state index is 12.3. The molecule has 1 aromatic carbocycles. The summed E-state index contributed by atoms with van der Waals surface area (Å²) in [5.41, 5.74) is 1.25. The van der Waals surface area contributed by atoms with Crippen LogP contribution in [-0.4, -0.2) is 31.1 Å². The van der Waals surface area contributed by atoms with Crippen LogP contribution < -0.4 is 10.0 Å². The fraction of sp³-hybridized carbons (Fsp3) is 0.0625. The Balaban J connectivity index is 1.70. The number of aromatic nitrogens is 2. The summed E-state index contributed by atoms with van der Waals surface area (Å²) in [6, 6.07) is 7.43. The molecule has 132 valence electrons. The van der Waals surface area contributed by atoms with Crippen molar-refractivity contribution in [2.45, 2.75) is 4.90 Å². The van der Waals surface area contributed by atoms with E-state index in [1.807, 2.05) is 16.8 Å². The summed E-state index contributed by atoms with van der Waals surface area (Å²) in [4.78, 5) is 12.3. The minimum absolute atomic E-state index is 0.0277. The van der Waals surface area contributed by atoms with E-state index in [-0.39, 0.29) is 11.4 Å². The molecule has 0 saturated carbocycles. The van der Waals surface area contributed by atoms with Gasteiger partial charge in [-0.05, 0) is 35.7 Å². The SMILES string of the molecule is C#CCNS(=O)(=O)c1ccc(C(=O)Nc2nnc(-c3ccsc3)s2)cc1. The van der Waals surface area contributed by atoms with Gasteiger partial charge in [0, 0.05) is 16.5 Å². The van der Waals surface area contributed by atoms with Crippen LogP contribution in [0.25, 0.3) is 10.6 Å². The maximum atomic E-state index is 12.3. The van der Waals surface area contributed by atoms with Gasteiger partial charge < -0.3 is 0 Å². The number of terminal acetylenes is 1. The number of amides is 1. The molecule has 0 aliphatic heterocycles. The Bertz CT molecular complexity index is 1050. The molecule has 0 aliphatic rings. The van der Waals surface area contributed by atoms with Crippen LogP contribution >= 0.6 is 22.7 Å². The van der Waals surface area contributed by atoms with Crippen molar-refractivity contribution in [2.24, 2.45) is 0 Å². The molecular weight excluding hydrogens is 392 g/mol. The summed E-state index contributed by atoms with van der Waals surface area (Å²) in [7, 11) is -3.69.